The summed E-state index contributed by atoms with van der Waals surface area (Å²) in [6.45, 7) is 1.47. The molecule has 0 spiro atoms. The molecule has 0 saturated heterocycles. The van der Waals surface area contributed by atoms with Gasteiger partial charge < -0.3 is 14.8 Å². The SMILES string of the molecule is O=C(NCc1cc(Cl)c2c(c1)OCCCO2)Nc1nncs1. The fourth-order valence-corrected chi connectivity index (χ4v) is 2.67. The number of halogens is 1. The lowest BCUT2D eigenvalue weighted by Crippen LogP contribution is -2.28. The Morgan fingerprint density at radius 1 is 1.36 bits per heavy atom. The molecule has 7 nitrogen and oxygen atoms in total. The van der Waals surface area contributed by atoms with E-state index in [1.165, 1.54) is 11.3 Å². The number of ether oxygens (including phenoxy) is 2. The maximum absolute atomic E-state index is 11.7. The minimum absolute atomic E-state index is 0.307. The standard InChI is InChI=1S/C13H13ClN4O3S/c14-9-4-8(5-10-11(9)21-3-1-2-20-10)6-15-12(19)17-13-18-16-7-22-13/h4-5,7H,1-3,6H2,(H2,15,17,18,19). The summed E-state index contributed by atoms with van der Waals surface area (Å²) < 4.78 is 11.2. The molecular formula is C13H13ClN4O3S. The predicted molar refractivity (Wildman–Crippen MR) is 82.8 cm³/mol. The van der Waals surface area contributed by atoms with Crippen molar-refractivity contribution in [3.63, 3.8) is 0 Å². The van der Waals surface area contributed by atoms with E-state index in [-0.39, 0.29) is 6.03 Å². The lowest BCUT2D eigenvalue weighted by Gasteiger charge is -2.12. The molecule has 2 amide bonds. The van der Waals surface area contributed by atoms with Crippen molar-refractivity contribution in [2.75, 3.05) is 18.5 Å². The number of urea groups is 1. The van der Waals surface area contributed by atoms with E-state index in [1.807, 2.05) is 6.07 Å². The third-order valence-electron chi connectivity index (χ3n) is 2.90. The van der Waals surface area contributed by atoms with Gasteiger partial charge in [-0.2, -0.15) is 0 Å². The minimum atomic E-state index is -0.361. The topological polar surface area (TPSA) is 85.4 Å². The first-order valence-corrected chi connectivity index (χ1v) is 7.87. The molecule has 0 saturated carbocycles. The number of fused-ring (bicyclic) bond motifs is 1. The lowest BCUT2D eigenvalue weighted by atomic mass is 10.2. The Hall–Kier alpha value is -2.06. The van der Waals surface area contributed by atoms with Gasteiger partial charge in [0, 0.05) is 13.0 Å². The van der Waals surface area contributed by atoms with E-state index < -0.39 is 0 Å². The zero-order valence-electron chi connectivity index (χ0n) is 11.5. The number of aromatic nitrogens is 2. The molecule has 9 heteroatoms. The van der Waals surface area contributed by atoms with Crippen LogP contribution in [-0.2, 0) is 6.54 Å². The molecule has 2 heterocycles. The van der Waals surface area contributed by atoms with Crippen LogP contribution in [-0.4, -0.2) is 29.4 Å². The maximum Gasteiger partial charge on any atom is 0.321 e. The van der Waals surface area contributed by atoms with Gasteiger partial charge in [0.05, 0.1) is 18.2 Å². The van der Waals surface area contributed by atoms with Crippen LogP contribution in [0.4, 0.5) is 9.93 Å². The van der Waals surface area contributed by atoms with E-state index >= 15 is 0 Å². The van der Waals surface area contributed by atoms with Gasteiger partial charge in [-0.15, -0.1) is 10.2 Å². The highest BCUT2D eigenvalue weighted by atomic mass is 35.5. The summed E-state index contributed by atoms with van der Waals surface area (Å²) in [4.78, 5) is 11.7. The Morgan fingerprint density at radius 2 is 2.23 bits per heavy atom. The van der Waals surface area contributed by atoms with Crippen LogP contribution in [0.5, 0.6) is 11.5 Å². The fraction of sp³-hybridized carbons (Fsp3) is 0.308. The van der Waals surface area contributed by atoms with Crippen LogP contribution in [0.2, 0.25) is 5.02 Å². The number of hydrogen-bond donors (Lipinski definition) is 2. The zero-order valence-corrected chi connectivity index (χ0v) is 13.0. The molecule has 0 aliphatic carbocycles. The molecular weight excluding hydrogens is 328 g/mol. The maximum atomic E-state index is 11.7. The number of nitrogens with zero attached hydrogens (tertiary/aromatic N) is 2. The second kappa shape index (κ2) is 6.80. The average molecular weight is 341 g/mol. The highest BCUT2D eigenvalue weighted by Gasteiger charge is 2.16. The molecule has 22 heavy (non-hydrogen) atoms. The smallest absolute Gasteiger partial charge is 0.321 e. The van der Waals surface area contributed by atoms with Gasteiger partial charge >= 0.3 is 6.03 Å². The Balaban J connectivity index is 1.64. The second-order valence-electron chi connectivity index (χ2n) is 4.51. The number of amides is 2. The van der Waals surface area contributed by atoms with Gasteiger partial charge in [-0.1, -0.05) is 22.9 Å². The third-order valence-corrected chi connectivity index (χ3v) is 3.78. The number of carbonyl (C=O) groups excluding carboxylic acids is 1. The molecule has 0 radical (unpaired) electrons. The van der Waals surface area contributed by atoms with Crippen molar-refractivity contribution in [2.45, 2.75) is 13.0 Å². The molecule has 1 aliphatic heterocycles. The van der Waals surface area contributed by atoms with Crippen LogP contribution in [0.15, 0.2) is 17.6 Å². The van der Waals surface area contributed by atoms with E-state index in [1.54, 1.807) is 11.6 Å². The predicted octanol–water partition coefficient (Wildman–Crippen LogP) is 2.67. The van der Waals surface area contributed by atoms with Gasteiger partial charge in [-0.3, -0.25) is 5.32 Å². The minimum Gasteiger partial charge on any atom is -0.489 e. The highest BCUT2D eigenvalue weighted by molar-refractivity contribution is 7.13. The number of benzene rings is 1. The molecule has 2 N–H and O–H groups in total. The molecule has 0 atom stereocenters. The van der Waals surface area contributed by atoms with Crippen LogP contribution in [0, 0.1) is 0 Å². The van der Waals surface area contributed by atoms with Gasteiger partial charge in [-0.05, 0) is 17.7 Å². The van der Waals surface area contributed by atoms with Gasteiger partial charge in [-0.25, -0.2) is 4.79 Å². The van der Waals surface area contributed by atoms with E-state index in [0.717, 1.165) is 12.0 Å². The Kier molecular flexibility index (Phi) is 4.59. The first kappa shape index (κ1) is 14.9. The number of rotatable bonds is 3. The largest absolute Gasteiger partial charge is 0.489 e. The normalized spacial score (nSPS) is 13.3. The van der Waals surface area contributed by atoms with Crippen molar-refractivity contribution in [1.29, 1.82) is 0 Å². The van der Waals surface area contributed by atoms with Crippen molar-refractivity contribution < 1.29 is 14.3 Å². The number of hydrogen-bond acceptors (Lipinski definition) is 6. The summed E-state index contributed by atoms with van der Waals surface area (Å²) in [6.07, 6.45) is 0.808. The average Bonchev–Trinajstić information content (AvgIpc) is 2.88. The molecule has 116 valence electrons. The third kappa shape index (κ3) is 3.58. The van der Waals surface area contributed by atoms with Crippen LogP contribution < -0.4 is 20.1 Å². The zero-order chi connectivity index (χ0) is 15.4. The van der Waals surface area contributed by atoms with Gasteiger partial charge in [0.15, 0.2) is 11.5 Å². The summed E-state index contributed by atoms with van der Waals surface area (Å²) in [6, 6.07) is 3.21. The van der Waals surface area contributed by atoms with Gasteiger partial charge in [0.1, 0.15) is 5.51 Å². The molecule has 2 aromatic rings. The quantitative estimate of drug-likeness (QED) is 0.897. The van der Waals surface area contributed by atoms with E-state index in [9.17, 15) is 4.79 Å². The van der Waals surface area contributed by atoms with Crippen LogP contribution in [0.3, 0.4) is 0 Å². The van der Waals surface area contributed by atoms with E-state index in [0.29, 0.717) is 41.4 Å². The summed E-state index contributed by atoms with van der Waals surface area (Å²) in [5.41, 5.74) is 2.36. The second-order valence-corrected chi connectivity index (χ2v) is 5.75. The van der Waals surface area contributed by atoms with Crippen LogP contribution in [0.25, 0.3) is 0 Å². The van der Waals surface area contributed by atoms with Gasteiger partial charge in [0.2, 0.25) is 5.13 Å². The molecule has 0 unspecified atom stereocenters. The highest BCUT2D eigenvalue weighted by Crippen LogP contribution is 2.37. The monoisotopic (exact) mass is 340 g/mol. The first-order valence-electron chi connectivity index (χ1n) is 6.61. The molecule has 1 aliphatic rings. The van der Waals surface area contributed by atoms with Crippen molar-refractivity contribution in [1.82, 2.24) is 15.5 Å². The number of anilines is 1. The first-order chi connectivity index (χ1) is 10.7. The van der Waals surface area contributed by atoms with E-state index in [4.69, 9.17) is 21.1 Å². The molecule has 1 aromatic heterocycles. The van der Waals surface area contributed by atoms with Crippen molar-refractivity contribution in [3.05, 3.63) is 28.2 Å². The summed E-state index contributed by atoms with van der Waals surface area (Å²) >= 11 is 7.44. The van der Waals surface area contributed by atoms with Crippen LogP contribution in [0.1, 0.15) is 12.0 Å². The number of carbonyl (C=O) groups is 1. The fourth-order valence-electron chi connectivity index (χ4n) is 1.94. The molecule has 0 fully saturated rings. The summed E-state index contributed by atoms with van der Waals surface area (Å²) in [5.74, 6) is 1.16. The van der Waals surface area contributed by atoms with Gasteiger partial charge in [0.25, 0.3) is 0 Å². The van der Waals surface area contributed by atoms with Crippen molar-refractivity contribution >= 4 is 34.1 Å². The Labute approximate surface area is 135 Å². The summed E-state index contributed by atoms with van der Waals surface area (Å²) in [7, 11) is 0. The lowest BCUT2D eigenvalue weighted by molar-refractivity contribution is 0.251. The summed E-state index contributed by atoms with van der Waals surface area (Å²) in [5, 5.41) is 13.6. The molecule has 0 bridgehead atoms. The van der Waals surface area contributed by atoms with E-state index in [2.05, 4.69) is 20.8 Å². The Morgan fingerprint density at radius 3 is 3.05 bits per heavy atom. The molecule has 3 rings (SSSR count). The number of nitrogens with one attached hydrogen (secondary N) is 2. The molecule has 1 aromatic carbocycles. The van der Waals surface area contributed by atoms with Crippen LogP contribution >= 0.6 is 22.9 Å². The van der Waals surface area contributed by atoms with Crippen molar-refractivity contribution in [3.8, 4) is 11.5 Å². The Bertz CT molecular complexity index is 666. The van der Waals surface area contributed by atoms with Crippen molar-refractivity contribution in [2.24, 2.45) is 0 Å².